The van der Waals surface area contributed by atoms with Gasteiger partial charge in [-0.3, -0.25) is 4.79 Å². The molecule has 25 heavy (non-hydrogen) atoms. The number of halogens is 2. The van der Waals surface area contributed by atoms with Crippen LogP contribution in [0.4, 0.5) is 8.78 Å². The highest BCUT2D eigenvalue weighted by Gasteiger charge is 2.27. The Kier molecular flexibility index (Phi) is 5.13. The first-order valence-electron chi connectivity index (χ1n) is 8.56. The minimum absolute atomic E-state index is 0.0151. The van der Waals surface area contributed by atoms with Gasteiger partial charge in [-0.2, -0.15) is 0 Å². The summed E-state index contributed by atoms with van der Waals surface area (Å²) in [6.07, 6.45) is 1.88. The van der Waals surface area contributed by atoms with E-state index in [1.165, 1.54) is 24.3 Å². The lowest BCUT2D eigenvalue weighted by Gasteiger charge is -2.34. The summed E-state index contributed by atoms with van der Waals surface area (Å²) in [5.41, 5.74) is 7.34. The summed E-state index contributed by atoms with van der Waals surface area (Å²) < 4.78 is 27.5. The van der Waals surface area contributed by atoms with Gasteiger partial charge in [0.1, 0.15) is 11.6 Å². The van der Waals surface area contributed by atoms with Gasteiger partial charge in [-0.1, -0.05) is 18.2 Å². The number of carbonyl (C=O) groups is 1. The fraction of sp³-hybridized carbons (Fsp3) is 0.350. The van der Waals surface area contributed by atoms with Gasteiger partial charge in [-0.15, -0.1) is 0 Å². The third-order valence-corrected chi connectivity index (χ3v) is 4.87. The molecule has 2 aromatic carbocycles. The van der Waals surface area contributed by atoms with Crippen LogP contribution in [0.1, 0.15) is 30.1 Å². The second-order valence-corrected chi connectivity index (χ2v) is 6.71. The second-order valence-electron chi connectivity index (χ2n) is 6.71. The Hall–Kier alpha value is -2.27. The number of hydrogen-bond acceptors (Lipinski definition) is 2. The summed E-state index contributed by atoms with van der Waals surface area (Å²) in [7, 11) is 0. The van der Waals surface area contributed by atoms with E-state index in [2.05, 4.69) is 0 Å². The maximum Gasteiger partial charge on any atom is 0.256 e. The first-order chi connectivity index (χ1) is 12.0. The minimum atomic E-state index is -0.560. The van der Waals surface area contributed by atoms with Crippen molar-refractivity contribution in [2.24, 2.45) is 11.7 Å². The molecule has 2 N–H and O–H groups in total. The number of amides is 1. The smallest absolute Gasteiger partial charge is 0.256 e. The van der Waals surface area contributed by atoms with E-state index in [-0.39, 0.29) is 29.2 Å². The van der Waals surface area contributed by atoms with Crippen LogP contribution >= 0.6 is 0 Å². The van der Waals surface area contributed by atoms with Crippen LogP contribution in [0.15, 0.2) is 42.5 Å². The third-order valence-electron chi connectivity index (χ3n) is 4.87. The predicted molar refractivity (Wildman–Crippen MR) is 94.1 cm³/mol. The Morgan fingerprint density at radius 3 is 2.48 bits per heavy atom. The maximum absolute atomic E-state index is 14.5. The topological polar surface area (TPSA) is 46.3 Å². The van der Waals surface area contributed by atoms with Crippen LogP contribution in [0.2, 0.25) is 0 Å². The van der Waals surface area contributed by atoms with Crippen LogP contribution in [-0.4, -0.2) is 29.9 Å². The van der Waals surface area contributed by atoms with Gasteiger partial charge < -0.3 is 10.6 Å². The van der Waals surface area contributed by atoms with Gasteiger partial charge in [0, 0.05) is 19.1 Å². The Bertz CT molecular complexity index is 759. The van der Waals surface area contributed by atoms with Crippen LogP contribution in [0.25, 0.3) is 11.1 Å². The van der Waals surface area contributed by atoms with Crippen molar-refractivity contribution in [1.82, 2.24) is 4.90 Å². The quantitative estimate of drug-likeness (QED) is 0.920. The van der Waals surface area contributed by atoms with Crippen molar-refractivity contribution in [1.29, 1.82) is 0 Å². The molecule has 0 saturated carbocycles. The number of benzene rings is 2. The summed E-state index contributed by atoms with van der Waals surface area (Å²) >= 11 is 0. The fourth-order valence-corrected chi connectivity index (χ4v) is 3.30. The molecule has 0 radical (unpaired) electrons. The van der Waals surface area contributed by atoms with E-state index >= 15 is 0 Å². The molecular weight excluding hydrogens is 322 g/mol. The molecule has 0 unspecified atom stereocenters. The molecule has 1 aliphatic rings. The van der Waals surface area contributed by atoms with Crippen molar-refractivity contribution in [2.45, 2.75) is 25.8 Å². The minimum Gasteiger partial charge on any atom is -0.338 e. The van der Waals surface area contributed by atoms with E-state index in [0.29, 0.717) is 24.2 Å². The van der Waals surface area contributed by atoms with E-state index in [1.807, 2.05) is 6.92 Å². The summed E-state index contributed by atoms with van der Waals surface area (Å²) in [5, 5.41) is 0. The molecule has 1 heterocycles. The Morgan fingerprint density at radius 2 is 1.84 bits per heavy atom. The highest BCUT2D eigenvalue weighted by Crippen LogP contribution is 2.25. The zero-order chi connectivity index (χ0) is 18.0. The van der Waals surface area contributed by atoms with Crippen molar-refractivity contribution in [3.05, 3.63) is 59.7 Å². The third kappa shape index (κ3) is 3.87. The van der Waals surface area contributed by atoms with Crippen molar-refractivity contribution >= 4 is 5.91 Å². The Balaban J connectivity index is 1.80. The molecule has 3 nitrogen and oxygen atoms in total. The van der Waals surface area contributed by atoms with Gasteiger partial charge in [-0.05, 0) is 61.1 Å². The Labute approximate surface area is 146 Å². The monoisotopic (exact) mass is 344 g/mol. The van der Waals surface area contributed by atoms with Crippen molar-refractivity contribution in [2.75, 3.05) is 13.1 Å². The molecule has 0 spiro atoms. The van der Waals surface area contributed by atoms with Gasteiger partial charge in [0.15, 0.2) is 0 Å². The van der Waals surface area contributed by atoms with Crippen molar-refractivity contribution < 1.29 is 13.6 Å². The molecule has 3 rings (SSSR count). The largest absolute Gasteiger partial charge is 0.338 e. The molecule has 1 fully saturated rings. The summed E-state index contributed by atoms with van der Waals surface area (Å²) in [5.74, 6) is -0.952. The van der Waals surface area contributed by atoms with Crippen LogP contribution in [0.5, 0.6) is 0 Å². The Morgan fingerprint density at radius 1 is 1.16 bits per heavy atom. The second kappa shape index (κ2) is 7.31. The molecule has 1 aliphatic heterocycles. The zero-order valence-corrected chi connectivity index (χ0v) is 14.2. The molecule has 0 bridgehead atoms. The van der Waals surface area contributed by atoms with E-state index in [9.17, 15) is 13.6 Å². The summed E-state index contributed by atoms with van der Waals surface area (Å²) in [4.78, 5) is 14.4. The molecule has 1 amide bonds. The number of piperidine rings is 1. The highest BCUT2D eigenvalue weighted by atomic mass is 19.1. The number of rotatable bonds is 3. The van der Waals surface area contributed by atoms with E-state index < -0.39 is 5.82 Å². The maximum atomic E-state index is 14.5. The van der Waals surface area contributed by atoms with Gasteiger partial charge in [0.05, 0.1) is 5.56 Å². The molecule has 132 valence electrons. The molecule has 1 saturated heterocycles. The van der Waals surface area contributed by atoms with Crippen LogP contribution in [0, 0.1) is 17.6 Å². The highest BCUT2D eigenvalue weighted by molar-refractivity contribution is 5.95. The lowest BCUT2D eigenvalue weighted by Crippen LogP contribution is -2.45. The van der Waals surface area contributed by atoms with Crippen molar-refractivity contribution in [3.8, 4) is 11.1 Å². The first-order valence-corrected chi connectivity index (χ1v) is 8.56. The molecule has 2 atom stereocenters. The van der Waals surface area contributed by atoms with Crippen LogP contribution in [-0.2, 0) is 0 Å². The fourth-order valence-electron chi connectivity index (χ4n) is 3.30. The molecule has 5 heteroatoms. The van der Waals surface area contributed by atoms with E-state index in [4.69, 9.17) is 5.73 Å². The number of likely N-dealkylation sites (tertiary alicyclic amines) is 1. The van der Waals surface area contributed by atoms with Gasteiger partial charge in [0.2, 0.25) is 0 Å². The number of carbonyl (C=O) groups excluding carboxylic acids is 1. The van der Waals surface area contributed by atoms with E-state index in [1.54, 1.807) is 23.1 Å². The van der Waals surface area contributed by atoms with Gasteiger partial charge in [0.25, 0.3) is 5.91 Å². The summed E-state index contributed by atoms with van der Waals surface area (Å²) in [6, 6.07) is 10.4. The number of nitrogens with two attached hydrogens (primary N) is 1. The lowest BCUT2D eigenvalue weighted by molar-refractivity contribution is 0.0656. The number of nitrogens with zero attached hydrogens (tertiary/aromatic N) is 1. The average molecular weight is 344 g/mol. The first kappa shape index (κ1) is 17.5. The van der Waals surface area contributed by atoms with Crippen LogP contribution < -0.4 is 5.73 Å². The molecule has 2 aromatic rings. The normalized spacial score (nSPS) is 18.9. The standard InChI is InChI=1S/C20H22F2N2O/c1-13(23)16-3-2-10-24(12-16)20(25)18-9-6-15(11-19(18)22)14-4-7-17(21)8-5-14/h4-9,11,13,16H,2-3,10,12,23H2,1H3/t13-,16+/m0/s1. The lowest BCUT2D eigenvalue weighted by atomic mass is 9.91. The summed E-state index contributed by atoms with van der Waals surface area (Å²) in [6.45, 7) is 3.13. The number of hydrogen-bond donors (Lipinski definition) is 1. The van der Waals surface area contributed by atoms with E-state index in [0.717, 1.165) is 12.8 Å². The predicted octanol–water partition coefficient (Wildman–Crippen LogP) is 3.83. The SMILES string of the molecule is C[C@H](N)[C@@H]1CCCN(C(=O)c2ccc(-c3ccc(F)cc3)cc2F)C1. The van der Waals surface area contributed by atoms with Gasteiger partial charge in [-0.25, -0.2) is 8.78 Å². The van der Waals surface area contributed by atoms with Crippen molar-refractivity contribution in [3.63, 3.8) is 0 Å². The molecule has 0 aliphatic carbocycles. The molecule has 0 aromatic heterocycles. The van der Waals surface area contributed by atoms with Gasteiger partial charge >= 0.3 is 0 Å². The zero-order valence-electron chi connectivity index (χ0n) is 14.2. The average Bonchev–Trinajstić information content (AvgIpc) is 2.62. The van der Waals surface area contributed by atoms with Crippen LogP contribution in [0.3, 0.4) is 0 Å². The molecular formula is C20H22F2N2O.